The molecular formula is C21H23ClN2O2. The highest BCUT2D eigenvalue weighted by molar-refractivity contribution is 6.31. The molecule has 3 rings (SSSR count). The number of rotatable bonds is 4. The molecule has 0 radical (unpaired) electrons. The number of carbonyl (C=O) groups is 2. The third kappa shape index (κ3) is 3.91. The minimum absolute atomic E-state index is 0.00197. The van der Waals surface area contributed by atoms with E-state index in [9.17, 15) is 9.59 Å². The standard InChI is InChI=1S/C21H23ClN2O2/c1-15(25)24-12-11-16-7-3-5-9-18(16)20(24)13-21(26)23(2)14-17-8-4-6-10-19(17)22/h3-10,20H,11-14H2,1-2H3. The fraction of sp³-hybridized carbons (Fsp3) is 0.333. The van der Waals surface area contributed by atoms with Crippen LogP contribution in [0.5, 0.6) is 0 Å². The Labute approximate surface area is 159 Å². The molecule has 2 amide bonds. The van der Waals surface area contributed by atoms with Crippen molar-refractivity contribution in [2.75, 3.05) is 13.6 Å². The van der Waals surface area contributed by atoms with Crippen LogP contribution in [-0.2, 0) is 22.6 Å². The average molecular weight is 371 g/mol. The smallest absolute Gasteiger partial charge is 0.225 e. The van der Waals surface area contributed by atoms with Gasteiger partial charge in [0.2, 0.25) is 11.8 Å². The van der Waals surface area contributed by atoms with Gasteiger partial charge in [-0.1, -0.05) is 54.1 Å². The lowest BCUT2D eigenvalue weighted by atomic mass is 9.90. The maximum atomic E-state index is 12.8. The van der Waals surface area contributed by atoms with Gasteiger partial charge in [-0.2, -0.15) is 0 Å². The molecule has 0 aliphatic carbocycles. The zero-order valence-electron chi connectivity index (χ0n) is 15.1. The van der Waals surface area contributed by atoms with Crippen LogP contribution in [-0.4, -0.2) is 35.2 Å². The molecule has 136 valence electrons. The highest BCUT2D eigenvalue weighted by atomic mass is 35.5. The minimum atomic E-state index is -0.210. The number of nitrogens with zero attached hydrogens (tertiary/aromatic N) is 2. The summed E-state index contributed by atoms with van der Waals surface area (Å²) in [6.07, 6.45) is 1.10. The number of amides is 2. The zero-order valence-corrected chi connectivity index (χ0v) is 15.9. The summed E-state index contributed by atoms with van der Waals surface area (Å²) in [5, 5.41) is 0.653. The van der Waals surface area contributed by atoms with Gasteiger partial charge in [0, 0.05) is 32.1 Å². The van der Waals surface area contributed by atoms with Crippen LogP contribution < -0.4 is 0 Å². The highest BCUT2D eigenvalue weighted by Crippen LogP contribution is 2.33. The molecule has 1 atom stereocenters. The van der Waals surface area contributed by atoms with Gasteiger partial charge in [-0.15, -0.1) is 0 Å². The van der Waals surface area contributed by atoms with Crippen LogP contribution in [0, 0.1) is 0 Å². The largest absolute Gasteiger partial charge is 0.341 e. The van der Waals surface area contributed by atoms with E-state index in [0.717, 1.165) is 17.5 Å². The summed E-state index contributed by atoms with van der Waals surface area (Å²) in [6.45, 7) is 2.67. The van der Waals surface area contributed by atoms with Crippen molar-refractivity contribution < 1.29 is 9.59 Å². The molecule has 1 heterocycles. The summed E-state index contributed by atoms with van der Waals surface area (Å²) in [7, 11) is 1.78. The van der Waals surface area contributed by atoms with E-state index in [0.29, 0.717) is 18.1 Å². The molecule has 2 aromatic carbocycles. The lowest BCUT2D eigenvalue weighted by Crippen LogP contribution is -2.41. The monoisotopic (exact) mass is 370 g/mol. The molecule has 1 aliphatic rings. The van der Waals surface area contributed by atoms with Gasteiger partial charge in [-0.25, -0.2) is 0 Å². The predicted octanol–water partition coefficient (Wildman–Crippen LogP) is 3.83. The first-order valence-corrected chi connectivity index (χ1v) is 9.17. The Morgan fingerprint density at radius 3 is 2.58 bits per heavy atom. The molecule has 0 saturated heterocycles. The summed E-state index contributed by atoms with van der Waals surface area (Å²) in [5.74, 6) is 0.00364. The SMILES string of the molecule is CC(=O)N1CCc2ccccc2C1CC(=O)N(C)Cc1ccccc1Cl. The van der Waals surface area contributed by atoms with Crippen molar-refractivity contribution in [2.45, 2.75) is 32.4 Å². The number of benzene rings is 2. The lowest BCUT2D eigenvalue weighted by Gasteiger charge is -2.37. The summed E-state index contributed by atoms with van der Waals surface area (Å²) >= 11 is 6.21. The van der Waals surface area contributed by atoms with Gasteiger partial charge in [0.1, 0.15) is 0 Å². The first-order chi connectivity index (χ1) is 12.5. The van der Waals surface area contributed by atoms with Gasteiger partial charge in [0.15, 0.2) is 0 Å². The summed E-state index contributed by atoms with van der Waals surface area (Å²) in [6, 6.07) is 15.4. The van der Waals surface area contributed by atoms with E-state index in [1.807, 2.05) is 47.4 Å². The quantitative estimate of drug-likeness (QED) is 0.820. The van der Waals surface area contributed by atoms with Crippen LogP contribution in [0.2, 0.25) is 5.02 Å². The molecule has 0 fully saturated rings. The van der Waals surface area contributed by atoms with Crippen LogP contribution in [0.4, 0.5) is 0 Å². The Kier molecular flexibility index (Phi) is 5.62. The highest BCUT2D eigenvalue weighted by Gasteiger charge is 2.31. The van der Waals surface area contributed by atoms with Gasteiger partial charge >= 0.3 is 0 Å². The van der Waals surface area contributed by atoms with Crippen molar-refractivity contribution in [3.8, 4) is 0 Å². The van der Waals surface area contributed by atoms with E-state index in [1.165, 1.54) is 5.56 Å². The average Bonchev–Trinajstić information content (AvgIpc) is 2.63. The molecule has 4 nitrogen and oxygen atoms in total. The third-order valence-corrected chi connectivity index (χ3v) is 5.34. The van der Waals surface area contributed by atoms with E-state index < -0.39 is 0 Å². The number of hydrogen-bond acceptors (Lipinski definition) is 2. The summed E-state index contributed by atoms with van der Waals surface area (Å²) in [5.41, 5.74) is 3.21. The molecule has 0 N–H and O–H groups in total. The van der Waals surface area contributed by atoms with E-state index in [-0.39, 0.29) is 24.3 Å². The molecule has 0 bridgehead atoms. The van der Waals surface area contributed by atoms with Gasteiger partial charge in [0.05, 0.1) is 12.5 Å². The van der Waals surface area contributed by atoms with Crippen molar-refractivity contribution in [1.82, 2.24) is 9.80 Å². The first kappa shape index (κ1) is 18.5. The molecule has 0 spiro atoms. The van der Waals surface area contributed by atoms with Gasteiger partial charge < -0.3 is 9.80 Å². The molecule has 1 aliphatic heterocycles. The van der Waals surface area contributed by atoms with Gasteiger partial charge in [-0.3, -0.25) is 9.59 Å². The maximum Gasteiger partial charge on any atom is 0.225 e. The summed E-state index contributed by atoms with van der Waals surface area (Å²) < 4.78 is 0. The number of carbonyl (C=O) groups excluding carboxylic acids is 2. The molecule has 1 unspecified atom stereocenters. The van der Waals surface area contributed by atoms with E-state index in [4.69, 9.17) is 11.6 Å². The van der Waals surface area contributed by atoms with Crippen molar-refractivity contribution >= 4 is 23.4 Å². The Morgan fingerprint density at radius 2 is 1.85 bits per heavy atom. The molecule has 0 aromatic heterocycles. The Morgan fingerprint density at radius 1 is 1.15 bits per heavy atom. The topological polar surface area (TPSA) is 40.6 Å². The van der Waals surface area contributed by atoms with Gasteiger partial charge in [0.25, 0.3) is 0 Å². The molecule has 26 heavy (non-hydrogen) atoms. The Bertz CT molecular complexity index is 821. The Balaban J connectivity index is 1.78. The van der Waals surface area contributed by atoms with Crippen molar-refractivity contribution in [3.05, 3.63) is 70.2 Å². The number of fused-ring (bicyclic) bond motifs is 1. The van der Waals surface area contributed by atoms with Crippen molar-refractivity contribution in [3.63, 3.8) is 0 Å². The second-order valence-corrected chi connectivity index (χ2v) is 7.13. The minimum Gasteiger partial charge on any atom is -0.341 e. The van der Waals surface area contributed by atoms with Crippen LogP contribution in [0.3, 0.4) is 0 Å². The fourth-order valence-corrected chi connectivity index (χ4v) is 3.74. The van der Waals surface area contributed by atoms with Crippen LogP contribution in [0.1, 0.15) is 36.1 Å². The third-order valence-electron chi connectivity index (χ3n) is 4.98. The Hall–Kier alpha value is -2.33. The molecule has 5 heteroatoms. The van der Waals surface area contributed by atoms with Gasteiger partial charge in [-0.05, 0) is 29.2 Å². The molecule has 2 aromatic rings. The van der Waals surface area contributed by atoms with E-state index in [1.54, 1.807) is 18.9 Å². The summed E-state index contributed by atoms with van der Waals surface area (Å²) in [4.78, 5) is 28.4. The number of hydrogen-bond donors (Lipinski definition) is 0. The second kappa shape index (κ2) is 7.92. The number of halogens is 1. The maximum absolute atomic E-state index is 12.8. The lowest BCUT2D eigenvalue weighted by molar-refractivity contribution is -0.136. The predicted molar refractivity (Wildman–Crippen MR) is 103 cm³/mol. The first-order valence-electron chi connectivity index (χ1n) is 8.79. The normalized spacial score (nSPS) is 16.1. The molecular weight excluding hydrogens is 348 g/mol. The van der Waals surface area contributed by atoms with Crippen LogP contribution >= 0.6 is 11.6 Å². The van der Waals surface area contributed by atoms with Crippen molar-refractivity contribution in [1.29, 1.82) is 0 Å². The van der Waals surface area contributed by atoms with E-state index >= 15 is 0 Å². The van der Waals surface area contributed by atoms with Crippen LogP contribution in [0.15, 0.2) is 48.5 Å². The molecule has 0 saturated carbocycles. The van der Waals surface area contributed by atoms with E-state index in [2.05, 4.69) is 6.07 Å². The second-order valence-electron chi connectivity index (χ2n) is 6.72. The zero-order chi connectivity index (χ0) is 18.7. The van der Waals surface area contributed by atoms with Crippen LogP contribution in [0.25, 0.3) is 0 Å². The fourth-order valence-electron chi connectivity index (χ4n) is 3.54. The van der Waals surface area contributed by atoms with Crippen molar-refractivity contribution in [2.24, 2.45) is 0 Å².